The standard InChI is InChI=1S/C5H9ClO2S/c1-5(2)9(7,8)4-3-6/h3-5H,1-2H3/b4-3+. The molecule has 0 unspecified atom stereocenters. The van der Waals surface area contributed by atoms with Crippen molar-refractivity contribution in [3.63, 3.8) is 0 Å². The summed E-state index contributed by atoms with van der Waals surface area (Å²) in [5.41, 5.74) is 1.01. The molecule has 2 nitrogen and oxygen atoms in total. The van der Waals surface area contributed by atoms with E-state index in [-0.39, 0.29) is 5.25 Å². The highest BCUT2D eigenvalue weighted by Crippen LogP contribution is 2.02. The molecule has 0 aliphatic carbocycles. The molecule has 54 valence electrons. The molecule has 0 aromatic heterocycles. The summed E-state index contributed by atoms with van der Waals surface area (Å²) in [6, 6.07) is 0. The number of halogens is 1. The summed E-state index contributed by atoms with van der Waals surface area (Å²) in [4.78, 5) is 0. The Morgan fingerprint density at radius 3 is 2.00 bits per heavy atom. The van der Waals surface area contributed by atoms with Gasteiger partial charge in [0.15, 0.2) is 9.84 Å². The SMILES string of the molecule is CC(C)S(=O)(=O)/C=C/Cl. The van der Waals surface area contributed by atoms with E-state index in [4.69, 9.17) is 11.6 Å². The Hall–Kier alpha value is -0.0200. The highest BCUT2D eigenvalue weighted by Gasteiger charge is 2.10. The Morgan fingerprint density at radius 1 is 1.44 bits per heavy atom. The zero-order valence-electron chi connectivity index (χ0n) is 5.33. The Morgan fingerprint density at radius 2 is 1.89 bits per heavy atom. The van der Waals surface area contributed by atoms with Gasteiger partial charge in [-0.25, -0.2) is 8.42 Å². The Bertz CT molecular complexity index is 191. The predicted octanol–water partition coefficient (Wildman–Crippen LogP) is 1.52. The fraction of sp³-hybridized carbons (Fsp3) is 0.600. The molecule has 0 fully saturated rings. The van der Waals surface area contributed by atoms with Crippen molar-refractivity contribution in [2.24, 2.45) is 0 Å². The first kappa shape index (κ1) is 8.98. The summed E-state index contributed by atoms with van der Waals surface area (Å²) in [5, 5.41) is 0.617. The maximum atomic E-state index is 10.8. The molecule has 4 heteroatoms. The van der Waals surface area contributed by atoms with Crippen LogP contribution in [-0.2, 0) is 9.84 Å². The maximum Gasteiger partial charge on any atom is 0.174 e. The van der Waals surface area contributed by atoms with Gasteiger partial charge in [0.2, 0.25) is 0 Å². The molecule has 0 atom stereocenters. The first-order valence-corrected chi connectivity index (χ1v) is 4.56. The lowest BCUT2D eigenvalue weighted by atomic mass is 10.6. The van der Waals surface area contributed by atoms with E-state index >= 15 is 0 Å². The van der Waals surface area contributed by atoms with Crippen molar-refractivity contribution in [1.82, 2.24) is 0 Å². The first-order valence-electron chi connectivity index (χ1n) is 2.51. The third-order valence-electron chi connectivity index (χ3n) is 0.898. The van der Waals surface area contributed by atoms with Gasteiger partial charge in [0, 0.05) is 10.9 Å². The van der Waals surface area contributed by atoms with Crippen LogP contribution in [0.15, 0.2) is 10.9 Å². The van der Waals surface area contributed by atoms with Crippen LogP contribution in [0.5, 0.6) is 0 Å². The topological polar surface area (TPSA) is 34.1 Å². The van der Waals surface area contributed by atoms with Crippen LogP contribution in [0.2, 0.25) is 0 Å². The minimum atomic E-state index is -3.06. The van der Waals surface area contributed by atoms with Crippen LogP contribution in [0.1, 0.15) is 13.8 Å². The minimum Gasteiger partial charge on any atom is -0.224 e. The zero-order valence-corrected chi connectivity index (χ0v) is 6.91. The van der Waals surface area contributed by atoms with Crippen molar-refractivity contribution in [2.75, 3.05) is 0 Å². The maximum absolute atomic E-state index is 10.8. The van der Waals surface area contributed by atoms with Gasteiger partial charge >= 0.3 is 0 Å². The number of rotatable bonds is 2. The largest absolute Gasteiger partial charge is 0.224 e. The average molecular weight is 169 g/mol. The summed E-state index contributed by atoms with van der Waals surface area (Å²) in [7, 11) is -3.06. The van der Waals surface area contributed by atoms with E-state index < -0.39 is 9.84 Å². The van der Waals surface area contributed by atoms with Crippen LogP contribution in [0, 0.1) is 0 Å². The Balaban J connectivity index is 4.42. The summed E-state index contributed by atoms with van der Waals surface area (Å²) in [6.45, 7) is 3.21. The highest BCUT2D eigenvalue weighted by atomic mass is 35.5. The van der Waals surface area contributed by atoms with Crippen LogP contribution in [0.3, 0.4) is 0 Å². The molecule has 0 radical (unpaired) electrons. The number of sulfone groups is 1. The van der Waals surface area contributed by atoms with Crippen molar-refractivity contribution in [3.8, 4) is 0 Å². The Kier molecular flexibility index (Phi) is 3.22. The van der Waals surface area contributed by atoms with Gasteiger partial charge < -0.3 is 0 Å². The van der Waals surface area contributed by atoms with Crippen molar-refractivity contribution in [2.45, 2.75) is 19.1 Å². The van der Waals surface area contributed by atoms with Gasteiger partial charge in [-0.1, -0.05) is 11.6 Å². The van der Waals surface area contributed by atoms with E-state index in [1.54, 1.807) is 13.8 Å². The van der Waals surface area contributed by atoms with E-state index in [1.165, 1.54) is 0 Å². The molecule has 0 amide bonds. The third kappa shape index (κ3) is 2.87. The second kappa shape index (κ2) is 3.22. The van der Waals surface area contributed by atoms with E-state index in [0.717, 1.165) is 10.9 Å². The molecular weight excluding hydrogens is 160 g/mol. The molecule has 0 heterocycles. The molecule has 0 aliphatic rings. The van der Waals surface area contributed by atoms with E-state index in [1.807, 2.05) is 0 Å². The fourth-order valence-electron chi connectivity index (χ4n) is 0.229. The Labute approximate surface area is 60.4 Å². The van der Waals surface area contributed by atoms with Crippen LogP contribution >= 0.6 is 11.6 Å². The molecule has 0 saturated carbocycles. The average Bonchev–Trinajstić information content (AvgIpc) is 1.65. The van der Waals surface area contributed by atoms with Crippen molar-refractivity contribution < 1.29 is 8.42 Å². The molecule has 0 aromatic rings. The molecule has 0 bridgehead atoms. The smallest absolute Gasteiger partial charge is 0.174 e. The molecule has 0 aromatic carbocycles. The van der Waals surface area contributed by atoms with Crippen LogP contribution < -0.4 is 0 Å². The molecule has 0 saturated heterocycles. The second-order valence-corrected chi connectivity index (χ2v) is 4.54. The van der Waals surface area contributed by atoms with Gasteiger partial charge in [-0.2, -0.15) is 0 Å². The summed E-state index contributed by atoms with van der Waals surface area (Å²) in [6.07, 6.45) is 0. The fourth-order valence-corrected chi connectivity index (χ4v) is 1.12. The van der Waals surface area contributed by atoms with Crippen LogP contribution in [0.25, 0.3) is 0 Å². The normalized spacial score (nSPS) is 13.3. The lowest BCUT2D eigenvalue weighted by Gasteiger charge is -1.98. The molecule has 0 aliphatic heterocycles. The van der Waals surface area contributed by atoms with E-state index in [2.05, 4.69) is 0 Å². The van der Waals surface area contributed by atoms with Crippen molar-refractivity contribution in [3.05, 3.63) is 10.9 Å². The minimum absolute atomic E-state index is 0.382. The van der Waals surface area contributed by atoms with Gasteiger partial charge in [-0.05, 0) is 13.8 Å². The monoisotopic (exact) mass is 168 g/mol. The second-order valence-electron chi connectivity index (χ2n) is 1.90. The summed E-state index contributed by atoms with van der Waals surface area (Å²) >= 11 is 5.07. The van der Waals surface area contributed by atoms with Crippen molar-refractivity contribution >= 4 is 21.4 Å². The van der Waals surface area contributed by atoms with Gasteiger partial charge in [0.1, 0.15) is 0 Å². The van der Waals surface area contributed by atoms with E-state index in [0.29, 0.717) is 0 Å². The summed E-state index contributed by atoms with van der Waals surface area (Å²) in [5.74, 6) is 0. The van der Waals surface area contributed by atoms with Gasteiger partial charge in [-0.3, -0.25) is 0 Å². The summed E-state index contributed by atoms with van der Waals surface area (Å²) < 4.78 is 21.5. The zero-order chi connectivity index (χ0) is 7.49. The number of hydrogen-bond acceptors (Lipinski definition) is 2. The van der Waals surface area contributed by atoms with Gasteiger partial charge in [-0.15, -0.1) is 0 Å². The molecule has 0 N–H and O–H groups in total. The lowest BCUT2D eigenvalue weighted by molar-refractivity contribution is 0.596. The van der Waals surface area contributed by atoms with Gasteiger partial charge in [0.25, 0.3) is 0 Å². The first-order chi connectivity index (χ1) is 4.00. The van der Waals surface area contributed by atoms with Gasteiger partial charge in [0.05, 0.1) is 5.25 Å². The molecule has 0 rings (SSSR count). The van der Waals surface area contributed by atoms with Crippen molar-refractivity contribution in [1.29, 1.82) is 0 Å². The van der Waals surface area contributed by atoms with Crippen LogP contribution in [-0.4, -0.2) is 13.7 Å². The highest BCUT2D eigenvalue weighted by molar-refractivity contribution is 7.94. The molecular formula is C5H9ClO2S. The number of hydrogen-bond donors (Lipinski definition) is 0. The molecule has 0 spiro atoms. The predicted molar refractivity (Wildman–Crippen MR) is 39.0 cm³/mol. The molecule has 9 heavy (non-hydrogen) atoms. The third-order valence-corrected chi connectivity index (χ3v) is 3.00. The quantitative estimate of drug-likeness (QED) is 0.627. The lowest BCUT2D eigenvalue weighted by Crippen LogP contribution is -2.09. The van der Waals surface area contributed by atoms with E-state index in [9.17, 15) is 8.42 Å². The van der Waals surface area contributed by atoms with Crippen LogP contribution in [0.4, 0.5) is 0 Å².